The molecular formula is C25H33FN4O. The Morgan fingerprint density at radius 3 is 2.74 bits per heavy atom. The molecule has 2 aliphatic carbocycles. The van der Waals surface area contributed by atoms with E-state index < -0.39 is 0 Å². The summed E-state index contributed by atoms with van der Waals surface area (Å²) in [7, 11) is 3.58. The summed E-state index contributed by atoms with van der Waals surface area (Å²) < 4.78 is 15.3. The fraction of sp³-hybridized carbons (Fsp3) is 0.520. The van der Waals surface area contributed by atoms with Gasteiger partial charge in [-0.05, 0) is 55.9 Å². The number of fused-ring (bicyclic) bond motifs is 1. The molecule has 166 valence electrons. The summed E-state index contributed by atoms with van der Waals surface area (Å²) in [6.07, 6.45) is 8.21. The number of rotatable bonds is 6. The van der Waals surface area contributed by atoms with Gasteiger partial charge < -0.3 is 10.2 Å². The zero-order chi connectivity index (χ0) is 22.1. The average molecular weight is 425 g/mol. The van der Waals surface area contributed by atoms with Crippen molar-refractivity contribution in [2.24, 2.45) is 5.92 Å². The Balaban J connectivity index is 1.55. The van der Waals surface area contributed by atoms with Crippen molar-refractivity contribution in [1.82, 2.24) is 20.0 Å². The lowest BCUT2D eigenvalue weighted by molar-refractivity contribution is 0.210. The Kier molecular flexibility index (Phi) is 6.17. The summed E-state index contributed by atoms with van der Waals surface area (Å²) in [5.41, 5.74) is 6.50. The molecule has 1 aromatic carbocycles. The molecule has 3 atom stereocenters. The lowest BCUT2D eigenvalue weighted by Gasteiger charge is -2.30. The number of carbonyl (C=O) groups is 1. The normalized spacial score (nSPS) is 20.9. The highest BCUT2D eigenvalue weighted by Gasteiger charge is 2.37. The minimum absolute atomic E-state index is 0.00907. The van der Waals surface area contributed by atoms with Crippen LogP contribution < -0.4 is 5.32 Å². The van der Waals surface area contributed by atoms with Gasteiger partial charge in [-0.25, -0.2) is 13.9 Å². The number of aromatic nitrogens is 2. The van der Waals surface area contributed by atoms with E-state index in [1.165, 1.54) is 29.0 Å². The Bertz CT molecular complexity index is 976. The first-order chi connectivity index (χ1) is 14.9. The van der Waals surface area contributed by atoms with Crippen molar-refractivity contribution in [1.29, 1.82) is 0 Å². The zero-order valence-corrected chi connectivity index (χ0v) is 19.0. The van der Waals surface area contributed by atoms with Gasteiger partial charge in [-0.1, -0.05) is 31.4 Å². The van der Waals surface area contributed by atoms with Crippen LogP contribution in [0, 0.1) is 11.7 Å². The van der Waals surface area contributed by atoms with Crippen LogP contribution in [0.1, 0.15) is 63.1 Å². The SMILES string of the molecule is CCCC(C[C@H]1CCC2=C1[C@@H](C)c1cnn(-c3ccc(F)cc3)c1C2)NC(=O)N(C)C. The Morgan fingerprint density at radius 1 is 1.32 bits per heavy atom. The first kappa shape index (κ1) is 21.6. The van der Waals surface area contributed by atoms with Gasteiger partial charge in [0.05, 0.1) is 17.6 Å². The number of allylic oxidation sites excluding steroid dienone is 2. The third kappa shape index (κ3) is 4.25. The maximum Gasteiger partial charge on any atom is 0.317 e. The van der Waals surface area contributed by atoms with Gasteiger partial charge in [0.2, 0.25) is 0 Å². The first-order valence-electron chi connectivity index (χ1n) is 11.4. The molecule has 1 heterocycles. The van der Waals surface area contributed by atoms with Gasteiger partial charge in [0.15, 0.2) is 0 Å². The second-order valence-corrected chi connectivity index (χ2v) is 9.19. The highest BCUT2D eigenvalue weighted by molar-refractivity contribution is 5.73. The topological polar surface area (TPSA) is 50.2 Å². The molecule has 5 nitrogen and oxygen atoms in total. The molecule has 2 amide bonds. The van der Waals surface area contributed by atoms with E-state index in [0.29, 0.717) is 11.8 Å². The molecule has 0 aliphatic heterocycles. The van der Waals surface area contributed by atoms with E-state index in [0.717, 1.165) is 44.2 Å². The Morgan fingerprint density at radius 2 is 2.06 bits per heavy atom. The highest BCUT2D eigenvalue weighted by atomic mass is 19.1. The maximum atomic E-state index is 13.4. The molecule has 1 N–H and O–H groups in total. The van der Waals surface area contributed by atoms with Crippen molar-refractivity contribution in [2.75, 3.05) is 14.1 Å². The first-order valence-corrected chi connectivity index (χ1v) is 11.4. The second kappa shape index (κ2) is 8.85. The van der Waals surface area contributed by atoms with Crippen LogP contribution in [0.2, 0.25) is 0 Å². The number of nitrogens with one attached hydrogen (secondary N) is 1. The van der Waals surface area contributed by atoms with Crippen molar-refractivity contribution in [3.8, 4) is 5.69 Å². The van der Waals surface area contributed by atoms with Gasteiger partial charge in [-0.3, -0.25) is 0 Å². The monoisotopic (exact) mass is 424 g/mol. The van der Waals surface area contributed by atoms with Crippen LogP contribution in [0.15, 0.2) is 41.6 Å². The molecule has 1 aromatic heterocycles. The Labute approximate surface area is 184 Å². The maximum absolute atomic E-state index is 13.4. The molecule has 2 aromatic rings. The van der Waals surface area contributed by atoms with E-state index >= 15 is 0 Å². The summed E-state index contributed by atoms with van der Waals surface area (Å²) >= 11 is 0. The lowest BCUT2D eigenvalue weighted by Crippen LogP contribution is -2.42. The number of nitrogens with zero attached hydrogens (tertiary/aromatic N) is 3. The van der Waals surface area contributed by atoms with Gasteiger partial charge >= 0.3 is 6.03 Å². The van der Waals surface area contributed by atoms with Gasteiger partial charge in [-0.15, -0.1) is 0 Å². The van der Waals surface area contributed by atoms with Crippen LogP contribution in [-0.4, -0.2) is 40.8 Å². The van der Waals surface area contributed by atoms with Crippen LogP contribution in [0.25, 0.3) is 5.69 Å². The number of carbonyl (C=O) groups excluding carboxylic acids is 1. The summed E-state index contributed by atoms with van der Waals surface area (Å²) in [6.45, 7) is 4.46. The molecule has 0 saturated carbocycles. The van der Waals surface area contributed by atoms with Crippen molar-refractivity contribution < 1.29 is 9.18 Å². The van der Waals surface area contributed by atoms with E-state index in [2.05, 4.69) is 24.3 Å². The zero-order valence-electron chi connectivity index (χ0n) is 19.0. The predicted octanol–water partition coefficient (Wildman–Crippen LogP) is 5.21. The molecular weight excluding hydrogens is 391 g/mol. The van der Waals surface area contributed by atoms with E-state index in [-0.39, 0.29) is 17.9 Å². The van der Waals surface area contributed by atoms with Gasteiger partial charge in [0.1, 0.15) is 5.82 Å². The van der Waals surface area contributed by atoms with Crippen molar-refractivity contribution in [3.63, 3.8) is 0 Å². The number of amides is 2. The number of benzene rings is 1. The second-order valence-electron chi connectivity index (χ2n) is 9.19. The third-order valence-electron chi connectivity index (χ3n) is 6.87. The van der Waals surface area contributed by atoms with Crippen molar-refractivity contribution in [3.05, 3.63) is 58.7 Å². The van der Waals surface area contributed by atoms with Crippen LogP contribution in [-0.2, 0) is 6.42 Å². The number of urea groups is 1. The molecule has 0 saturated heterocycles. The van der Waals surface area contributed by atoms with Crippen LogP contribution >= 0.6 is 0 Å². The fourth-order valence-corrected chi connectivity index (χ4v) is 5.38. The molecule has 6 heteroatoms. The van der Waals surface area contributed by atoms with Crippen LogP contribution in [0.4, 0.5) is 9.18 Å². The van der Waals surface area contributed by atoms with Gasteiger partial charge in [0.25, 0.3) is 0 Å². The molecule has 0 fully saturated rings. The van der Waals surface area contributed by atoms with E-state index in [4.69, 9.17) is 0 Å². The molecule has 1 unspecified atom stereocenters. The summed E-state index contributed by atoms with van der Waals surface area (Å²) in [6, 6.07) is 6.75. The molecule has 2 aliphatic rings. The standard InChI is InChI=1S/C25H33FN4O/c1-5-6-20(28-25(31)29(3)4)13-17-7-8-18-14-23-22(16(2)24(17)18)15-27-30(23)21-11-9-19(26)10-12-21/h9-12,15-17,20H,5-8,13-14H2,1-4H3,(H,28,31)/t16-,17+,20?/m0/s1. The van der Waals surface area contributed by atoms with Gasteiger partial charge in [0, 0.05) is 38.0 Å². The molecule has 0 bridgehead atoms. The van der Waals surface area contributed by atoms with E-state index in [1.807, 2.05) is 10.9 Å². The third-order valence-corrected chi connectivity index (χ3v) is 6.87. The molecule has 31 heavy (non-hydrogen) atoms. The van der Waals surface area contributed by atoms with Crippen molar-refractivity contribution >= 4 is 6.03 Å². The molecule has 0 radical (unpaired) electrons. The highest BCUT2D eigenvalue weighted by Crippen LogP contribution is 2.48. The lowest BCUT2D eigenvalue weighted by atomic mass is 9.78. The largest absolute Gasteiger partial charge is 0.335 e. The fourth-order valence-electron chi connectivity index (χ4n) is 5.38. The minimum atomic E-state index is -0.232. The van der Waals surface area contributed by atoms with Gasteiger partial charge in [-0.2, -0.15) is 5.10 Å². The molecule has 0 spiro atoms. The minimum Gasteiger partial charge on any atom is -0.335 e. The molecule has 4 rings (SSSR count). The number of hydrogen-bond donors (Lipinski definition) is 1. The predicted molar refractivity (Wildman–Crippen MR) is 121 cm³/mol. The smallest absolute Gasteiger partial charge is 0.317 e. The van der Waals surface area contributed by atoms with Crippen molar-refractivity contribution in [2.45, 2.75) is 64.3 Å². The number of hydrogen-bond acceptors (Lipinski definition) is 2. The average Bonchev–Trinajstić information content (AvgIpc) is 3.34. The van der Waals surface area contributed by atoms with Crippen LogP contribution in [0.5, 0.6) is 0 Å². The number of halogens is 1. The Hall–Kier alpha value is -2.63. The van der Waals surface area contributed by atoms with Crippen LogP contribution in [0.3, 0.4) is 0 Å². The van der Waals surface area contributed by atoms with E-state index in [1.54, 1.807) is 36.7 Å². The summed E-state index contributed by atoms with van der Waals surface area (Å²) in [4.78, 5) is 13.9. The summed E-state index contributed by atoms with van der Waals surface area (Å²) in [5, 5.41) is 7.88. The quantitative estimate of drug-likeness (QED) is 0.648. The summed E-state index contributed by atoms with van der Waals surface area (Å²) in [5.74, 6) is 0.600. The van der Waals surface area contributed by atoms with E-state index in [9.17, 15) is 9.18 Å².